The normalized spacial score (nSPS) is 30.9. The number of hydrogen-bond donors (Lipinski definition) is 4. The van der Waals surface area contributed by atoms with Gasteiger partial charge in [-0.2, -0.15) is 0 Å². The zero-order valence-corrected chi connectivity index (χ0v) is 15.0. The molecule has 3 aliphatic rings. The Morgan fingerprint density at radius 3 is 2.68 bits per heavy atom. The van der Waals surface area contributed by atoms with Crippen LogP contribution in [0.3, 0.4) is 0 Å². The van der Waals surface area contributed by atoms with Crippen LogP contribution in [-0.4, -0.2) is 89.7 Å². The van der Waals surface area contributed by atoms with Crippen molar-refractivity contribution in [2.24, 2.45) is 0 Å². The summed E-state index contributed by atoms with van der Waals surface area (Å²) < 4.78 is 43.2. The van der Waals surface area contributed by atoms with Crippen LogP contribution >= 0.6 is 0 Å². The van der Waals surface area contributed by atoms with E-state index < -0.39 is 68.3 Å². The minimum atomic E-state index is -2.64. The fourth-order valence-electron chi connectivity index (χ4n) is 3.50. The summed E-state index contributed by atoms with van der Waals surface area (Å²) in [7, 11) is -1.65. The molecule has 3 fully saturated rings. The minimum absolute atomic E-state index is 0.0754. The lowest BCUT2D eigenvalue weighted by Gasteiger charge is -2.27. The first-order valence-electron chi connectivity index (χ1n) is 10.9. The molecular weight excluding hydrogens is 373 g/mol. The van der Waals surface area contributed by atoms with Gasteiger partial charge in [-0.3, -0.25) is 19.2 Å². The van der Waals surface area contributed by atoms with Gasteiger partial charge in [0.1, 0.15) is 0 Å². The lowest BCUT2D eigenvalue weighted by molar-refractivity contribution is -0.157. The molecule has 3 saturated heterocycles. The van der Waals surface area contributed by atoms with E-state index in [2.05, 4.69) is 10.6 Å². The molecule has 1 amide bonds. The van der Waals surface area contributed by atoms with Gasteiger partial charge in [0.05, 0.1) is 28.0 Å². The number of carboxylic acid groups (broad SMARTS) is 2. The number of carboxylic acids is 2. The van der Waals surface area contributed by atoms with Gasteiger partial charge in [0, 0.05) is 21.8 Å². The Morgan fingerprint density at radius 2 is 2.07 bits per heavy atom. The molecule has 0 unspecified atom stereocenters. The largest absolute Gasteiger partial charge is 0.552 e. The minimum Gasteiger partial charge on any atom is -0.506 e. The first-order valence-corrected chi connectivity index (χ1v) is 8.92. The highest BCUT2D eigenvalue weighted by molar-refractivity contribution is 6.51. The number of carbonyl (C=O) groups excluding carboxylic acids is 2. The van der Waals surface area contributed by atoms with Crippen LogP contribution in [0.15, 0.2) is 0 Å². The first kappa shape index (κ1) is 15.7. The lowest BCUT2D eigenvalue weighted by Crippen LogP contribution is -2.51. The van der Waals surface area contributed by atoms with Crippen molar-refractivity contribution in [2.45, 2.75) is 49.7 Å². The number of rotatable bonds is 8. The van der Waals surface area contributed by atoms with Gasteiger partial charge >= 0.3 is 25.0 Å². The summed E-state index contributed by atoms with van der Waals surface area (Å²) in [5.41, 5.74) is -2.33. The van der Waals surface area contributed by atoms with Gasteiger partial charge < -0.3 is 35.1 Å². The monoisotopic (exact) mass is 401 g/mol. The molecule has 0 aromatic heterocycles. The Hall–Kier alpha value is -2.18. The Balaban J connectivity index is 1.84. The van der Waals surface area contributed by atoms with E-state index >= 15 is 0 Å². The van der Waals surface area contributed by atoms with Crippen molar-refractivity contribution in [3.63, 3.8) is 0 Å². The van der Waals surface area contributed by atoms with Gasteiger partial charge in [-0.25, -0.2) is 0 Å². The number of nitrogens with one attached hydrogen (secondary N) is 2. The average molecular weight is 401 g/mol. The van der Waals surface area contributed by atoms with Crippen LogP contribution in [0.1, 0.15) is 37.6 Å². The fourth-order valence-corrected chi connectivity index (χ4v) is 3.50. The van der Waals surface area contributed by atoms with E-state index in [-0.39, 0.29) is 18.9 Å². The molecule has 28 heavy (non-hydrogen) atoms. The molecule has 12 heteroatoms. The number of nitrogens with zero attached hydrogens (tertiary/aromatic N) is 1. The summed E-state index contributed by atoms with van der Waals surface area (Å²) in [5.74, 6) is -6.77. The third kappa shape index (κ3) is 4.45. The number of hydrogen-bond acceptors (Lipinski definition) is 8. The second-order valence-electron chi connectivity index (χ2n) is 6.93. The maximum absolute atomic E-state index is 13.1. The zero-order valence-electron chi connectivity index (χ0n) is 19.0. The molecular formula is C16H24BN3O8. The summed E-state index contributed by atoms with van der Waals surface area (Å²) >= 11 is 0. The van der Waals surface area contributed by atoms with Crippen molar-refractivity contribution >= 4 is 30.9 Å². The van der Waals surface area contributed by atoms with Crippen molar-refractivity contribution < 1.29 is 44.2 Å². The second-order valence-corrected chi connectivity index (χ2v) is 6.93. The number of amides is 1. The van der Waals surface area contributed by atoms with Gasteiger partial charge in [0.25, 0.3) is 0 Å². The highest BCUT2D eigenvalue weighted by atomic mass is 16.7. The highest BCUT2D eigenvalue weighted by Crippen LogP contribution is 2.34. The van der Waals surface area contributed by atoms with Gasteiger partial charge in [-0.15, -0.1) is 0 Å². The fraction of sp³-hybridized carbons (Fsp3) is 0.750. The molecule has 3 aliphatic heterocycles. The van der Waals surface area contributed by atoms with Gasteiger partial charge in [-0.1, -0.05) is 0 Å². The topological polar surface area (TPSA) is 154 Å². The van der Waals surface area contributed by atoms with Crippen LogP contribution in [0.4, 0.5) is 0 Å². The summed E-state index contributed by atoms with van der Waals surface area (Å²) in [6.45, 7) is -3.88. The predicted molar refractivity (Wildman–Crippen MR) is 94.2 cm³/mol. The molecule has 154 valence electrons. The van der Waals surface area contributed by atoms with E-state index in [1.165, 1.54) is 0 Å². The molecule has 2 atom stereocenters. The zero-order chi connectivity index (χ0) is 23.9. The molecule has 0 aromatic rings. The van der Waals surface area contributed by atoms with Crippen LogP contribution in [0.2, 0.25) is 0 Å². The molecule has 0 saturated carbocycles. The third-order valence-electron chi connectivity index (χ3n) is 4.84. The maximum atomic E-state index is 13.1. The molecule has 4 N–H and O–H groups in total. The van der Waals surface area contributed by atoms with E-state index in [9.17, 15) is 19.2 Å². The third-order valence-corrected chi connectivity index (χ3v) is 4.84. The summed E-state index contributed by atoms with van der Waals surface area (Å²) in [4.78, 5) is 48.6. The first-order chi connectivity index (χ1) is 14.8. The standard InChI is InChI=1S/C16H24BN3O8/c21-12(9-19-10-3-4-18-8-10)20-5-1-2-11(20)17-27-15(26)16(28-17,6-13(22)23)7-14(24)25/h10-11,18-19H,1-9H2,(H,22,23)(H,24,25)/t10-,11+/m1/s1/i5D2,9D2. The van der Waals surface area contributed by atoms with Gasteiger partial charge in [-0.05, 0) is 25.8 Å². The quantitative estimate of drug-likeness (QED) is 0.343. The molecule has 0 aliphatic carbocycles. The molecule has 11 nitrogen and oxygen atoms in total. The van der Waals surface area contributed by atoms with Gasteiger partial charge in [0.2, 0.25) is 5.91 Å². The van der Waals surface area contributed by atoms with Crippen LogP contribution in [0, 0.1) is 0 Å². The van der Waals surface area contributed by atoms with E-state index in [4.69, 9.17) is 25.0 Å². The lowest BCUT2D eigenvalue weighted by atomic mass is 9.76. The maximum Gasteiger partial charge on any atom is 0.552 e. The van der Waals surface area contributed by atoms with Crippen LogP contribution < -0.4 is 10.6 Å². The van der Waals surface area contributed by atoms with Crippen LogP contribution in [0.25, 0.3) is 0 Å². The summed E-state index contributed by atoms with van der Waals surface area (Å²) in [6.07, 6.45) is -1.72. The average Bonchev–Trinajstić information content (AvgIpc) is 3.32. The molecule has 3 rings (SSSR count). The molecule has 3 heterocycles. The van der Waals surface area contributed by atoms with Crippen molar-refractivity contribution in [2.75, 3.05) is 26.1 Å². The Labute approximate surface area is 167 Å². The molecule has 0 bridgehead atoms. The number of carbonyl (C=O) groups is 4. The highest BCUT2D eigenvalue weighted by Gasteiger charge is 2.59. The van der Waals surface area contributed by atoms with E-state index in [0.717, 1.165) is 0 Å². The van der Waals surface area contributed by atoms with E-state index in [1.807, 2.05) is 0 Å². The van der Waals surface area contributed by atoms with Crippen molar-refractivity contribution in [1.82, 2.24) is 15.5 Å². The summed E-state index contributed by atoms with van der Waals surface area (Å²) in [5, 5.41) is 23.8. The Kier molecular flexibility index (Phi) is 4.74. The molecule has 0 aromatic carbocycles. The molecule has 0 spiro atoms. The number of likely N-dealkylation sites (tertiary alicyclic amines) is 1. The van der Waals surface area contributed by atoms with Crippen LogP contribution in [-0.2, 0) is 28.5 Å². The van der Waals surface area contributed by atoms with Crippen molar-refractivity contribution in [1.29, 1.82) is 0 Å². The van der Waals surface area contributed by atoms with Crippen molar-refractivity contribution in [3.05, 3.63) is 0 Å². The smallest absolute Gasteiger partial charge is 0.506 e. The van der Waals surface area contributed by atoms with Gasteiger partial charge in [0.15, 0.2) is 5.60 Å². The van der Waals surface area contributed by atoms with E-state index in [1.54, 1.807) is 0 Å². The number of aliphatic carboxylic acids is 2. The predicted octanol–water partition coefficient (Wildman–Crippen LogP) is -1.78. The Morgan fingerprint density at radius 1 is 1.36 bits per heavy atom. The van der Waals surface area contributed by atoms with Crippen LogP contribution in [0.5, 0.6) is 0 Å². The van der Waals surface area contributed by atoms with Crippen molar-refractivity contribution in [3.8, 4) is 0 Å². The second kappa shape index (κ2) is 8.45. The van der Waals surface area contributed by atoms with E-state index in [0.29, 0.717) is 24.4 Å². The Bertz CT molecular complexity index is 794. The molecule has 0 radical (unpaired) electrons. The SMILES string of the molecule is [2H]C([2H])(N[C@@H]1CCNC1)C(=O)N1[C@H](B2OC(=O)C(CC(=O)O)(CC(=O)O)O2)CCC1([2H])[2H]. The summed E-state index contributed by atoms with van der Waals surface area (Å²) in [6, 6.07) is -0.347.